The maximum Gasteiger partial charge on any atom is 0.0453 e. The molecular weight excluding hydrogens is 229 g/mol. The Morgan fingerprint density at radius 3 is 2.20 bits per heavy atom. The Kier molecular flexibility index (Phi) is 3.55. The van der Waals surface area contributed by atoms with Gasteiger partial charge in [0.05, 0.1) is 0 Å². The van der Waals surface area contributed by atoms with Gasteiger partial charge in [0.15, 0.2) is 0 Å². The highest BCUT2D eigenvalue weighted by Crippen LogP contribution is 2.26. The summed E-state index contributed by atoms with van der Waals surface area (Å²) in [5.41, 5.74) is 2.20. The number of hydrogen-bond donors (Lipinski definition) is 0. The molecule has 0 aromatic heterocycles. The summed E-state index contributed by atoms with van der Waals surface area (Å²) in [6, 6.07) is 4.06. The van der Waals surface area contributed by atoms with Crippen molar-refractivity contribution in [2.75, 3.05) is 13.1 Å². The predicted molar refractivity (Wildman–Crippen MR) is 65.7 cm³/mol. The van der Waals surface area contributed by atoms with Gasteiger partial charge in [0.1, 0.15) is 0 Å². The lowest BCUT2D eigenvalue weighted by molar-refractivity contribution is 0.331. The first-order valence-corrected chi connectivity index (χ1v) is 6.09. The maximum absolute atomic E-state index is 6.10. The molecule has 0 aliphatic carbocycles. The molecule has 0 spiro atoms. The molecule has 0 bridgehead atoms. The second-order valence-electron chi connectivity index (χ2n) is 4.17. The average molecular weight is 244 g/mol. The van der Waals surface area contributed by atoms with Gasteiger partial charge < -0.3 is 0 Å². The number of likely N-dealkylation sites (tertiary alicyclic amines) is 1. The van der Waals surface area contributed by atoms with Gasteiger partial charge >= 0.3 is 0 Å². The fraction of sp³-hybridized carbons (Fsp3) is 0.500. The van der Waals surface area contributed by atoms with Gasteiger partial charge in [0.2, 0.25) is 0 Å². The Morgan fingerprint density at radius 2 is 1.67 bits per heavy atom. The first-order chi connectivity index (χ1) is 7.16. The Labute approximate surface area is 101 Å². The quantitative estimate of drug-likeness (QED) is 0.762. The minimum Gasteiger partial charge on any atom is -0.299 e. The molecule has 1 saturated heterocycles. The zero-order valence-electron chi connectivity index (χ0n) is 8.89. The monoisotopic (exact) mass is 243 g/mol. The minimum absolute atomic E-state index is 0.775. The summed E-state index contributed by atoms with van der Waals surface area (Å²) in [7, 11) is 0. The van der Waals surface area contributed by atoms with Crippen LogP contribution in [0, 0.1) is 6.92 Å². The largest absolute Gasteiger partial charge is 0.299 e. The van der Waals surface area contributed by atoms with E-state index in [2.05, 4.69) is 4.90 Å². The maximum atomic E-state index is 6.10. The van der Waals surface area contributed by atoms with Crippen LogP contribution in [0.3, 0.4) is 0 Å². The fourth-order valence-corrected chi connectivity index (χ4v) is 2.52. The summed E-state index contributed by atoms with van der Waals surface area (Å²) in [5, 5.41) is 1.55. The van der Waals surface area contributed by atoms with Gasteiger partial charge in [0.25, 0.3) is 0 Å². The molecule has 3 heteroatoms. The molecule has 0 atom stereocenters. The van der Waals surface area contributed by atoms with E-state index in [1.165, 1.54) is 31.5 Å². The number of hydrogen-bond acceptors (Lipinski definition) is 1. The molecule has 0 amide bonds. The molecule has 1 heterocycles. The van der Waals surface area contributed by atoms with Crippen molar-refractivity contribution in [1.29, 1.82) is 0 Å². The van der Waals surface area contributed by atoms with Gasteiger partial charge in [-0.2, -0.15) is 0 Å². The third-order valence-corrected chi connectivity index (χ3v) is 3.73. The Hall–Kier alpha value is -0.240. The first-order valence-electron chi connectivity index (χ1n) is 5.33. The molecular formula is C12H15Cl2N. The molecule has 0 N–H and O–H groups in total. The van der Waals surface area contributed by atoms with Crippen LogP contribution in [0.25, 0.3) is 0 Å². The molecule has 2 rings (SSSR count). The van der Waals surface area contributed by atoms with Gasteiger partial charge in [-0.05, 0) is 56.1 Å². The standard InChI is InChI=1S/C12H15Cl2N/c1-9-11(13)6-10(7-12(9)14)8-15-4-2-3-5-15/h6-7H,2-5,8H2,1H3. The molecule has 1 aliphatic rings. The molecule has 1 aliphatic heterocycles. The van der Waals surface area contributed by atoms with E-state index in [4.69, 9.17) is 23.2 Å². The van der Waals surface area contributed by atoms with Gasteiger partial charge in [0, 0.05) is 16.6 Å². The van der Waals surface area contributed by atoms with Crippen molar-refractivity contribution < 1.29 is 0 Å². The molecule has 0 radical (unpaired) electrons. The lowest BCUT2D eigenvalue weighted by Crippen LogP contribution is -2.18. The lowest BCUT2D eigenvalue weighted by atomic mass is 10.1. The van der Waals surface area contributed by atoms with Crippen LogP contribution in [0.5, 0.6) is 0 Å². The Bertz CT molecular complexity index is 334. The van der Waals surface area contributed by atoms with Crippen LogP contribution in [-0.4, -0.2) is 18.0 Å². The van der Waals surface area contributed by atoms with Crippen LogP contribution < -0.4 is 0 Å². The van der Waals surface area contributed by atoms with Gasteiger partial charge in [-0.25, -0.2) is 0 Å². The van der Waals surface area contributed by atoms with E-state index in [9.17, 15) is 0 Å². The smallest absolute Gasteiger partial charge is 0.0453 e. The van der Waals surface area contributed by atoms with Crippen LogP contribution in [-0.2, 0) is 6.54 Å². The third-order valence-electron chi connectivity index (χ3n) is 2.95. The van der Waals surface area contributed by atoms with Crippen LogP contribution in [0.1, 0.15) is 24.0 Å². The zero-order valence-corrected chi connectivity index (χ0v) is 10.4. The Balaban J connectivity index is 2.14. The van der Waals surface area contributed by atoms with Crippen LogP contribution >= 0.6 is 23.2 Å². The molecule has 0 unspecified atom stereocenters. The topological polar surface area (TPSA) is 3.24 Å². The second kappa shape index (κ2) is 4.73. The molecule has 1 aromatic carbocycles. The van der Waals surface area contributed by atoms with Gasteiger partial charge in [-0.1, -0.05) is 23.2 Å². The highest BCUT2D eigenvalue weighted by atomic mass is 35.5. The first kappa shape index (κ1) is 11.3. The SMILES string of the molecule is Cc1c(Cl)cc(CN2CCCC2)cc1Cl. The third kappa shape index (κ3) is 2.66. The molecule has 1 nitrogen and oxygen atoms in total. The van der Waals surface area contributed by atoms with Crippen LogP contribution in [0.2, 0.25) is 10.0 Å². The van der Waals surface area contributed by atoms with E-state index in [1.54, 1.807) is 0 Å². The normalized spacial score (nSPS) is 17.3. The van der Waals surface area contributed by atoms with Crippen molar-refractivity contribution in [2.24, 2.45) is 0 Å². The summed E-state index contributed by atoms with van der Waals surface area (Å²) in [4.78, 5) is 2.44. The Morgan fingerprint density at radius 1 is 1.13 bits per heavy atom. The summed E-state index contributed by atoms with van der Waals surface area (Å²) < 4.78 is 0. The van der Waals surface area contributed by atoms with Crippen molar-refractivity contribution in [3.63, 3.8) is 0 Å². The molecule has 0 saturated carbocycles. The highest BCUT2D eigenvalue weighted by Gasteiger charge is 2.13. The van der Waals surface area contributed by atoms with E-state index >= 15 is 0 Å². The minimum atomic E-state index is 0.775. The van der Waals surface area contributed by atoms with E-state index in [0.29, 0.717) is 0 Å². The van der Waals surface area contributed by atoms with Crippen molar-refractivity contribution >= 4 is 23.2 Å². The summed E-state index contributed by atoms with van der Waals surface area (Å²) >= 11 is 12.2. The fourth-order valence-electron chi connectivity index (χ4n) is 1.99. The van der Waals surface area contributed by atoms with Crippen molar-refractivity contribution in [2.45, 2.75) is 26.3 Å². The van der Waals surface area contributed by atoms with E-state index in [1.807, 2.05) is 19.1 Å². The van der Waals surface area contributed by atoms with E-state index in [0.717, 1.165) is 22.2 Å². The van der Waals surface area contributed by atoms with Crippen molar-refractivity contribution in [1.82, 2.24) is 4.90 Å². The van der Waals surface area contributed by atoms with Crippen molar-refractivity contribution in [3.8, 4) is 0 Å². The molecule has 1 fully saturated rings. The van der Waals surface area contributed by atoms with Crippen molar-refractivity contribution in [3.05, 3.63) is 33.3 Å². The molecule has 1 aromatic rings. The number of nitrogens with zero attached hydrogens (tertiary/aromatic N) is 1. The molecule has 82 valence electrons. The summed E-state index contributed by atoms with van der Waals surface area (Å²) in [5.74, 6) is 0. The summed E-state index contributed by atoms with van der Waals surface area (Å²) in [6.07, 6.45) is 2.63. The molecule has 15 heavy (non-hydrogen) atoms. The number of rotatable bonds is 2. The van der Waals surface area contributed by atoms with E-state index < -0.39 is 0 Å². The van der Waals surface area contributed by atoms with Crippen LogP contribution in [0.4, 0.5) is 0 Å². The second-order valence-corrected chi connectivity index (χ2v) is 4.98. The lowest BCUT2D eigenvalue weighted by Gasteiger charge is -2.15. The summed E-state index contributed by atoms with van der Waals surface area (Å²) in [6.45, 7) is 5.32. The van der Waals surface area contributed by atoms with Gasteiger partial charge in [-0.3, -0.25) is 4.90 Å². The average Bonchev–Trinajstić information content (AvgIpc) is 2.66. The van der Waals surface area contributed by atoms with Gasteiger partial charge in [-0.15, -0.1) is 0 Å². The van der Waals surface area contributed by atoms with E-state index in [-0.39, 0.29) is 0 Å². The highest BCUT2D eigenvalue weighted by molar-refractivity contribution is 6.36. The van der Waals surface area contributed by atoms with Crippen LogP contribution in [0.15, 0.2) is 12.1 Å². The predicted octanol–water partition coefficient (Wildman–Crippen LogP) is 3.90. The number of halogens is 2. The number of benzene rings is 1. The zero-order chi connectivity index (χ0) is 10.8.